The largest absolute Gasteiger partial charge is 1.00 e. The van der Waals surface area contributed by atoms with Gasteiger partial charge in [0.1, 0.15) is 0 Å². The Morgan fingerprint density at radius 1 is 1.36 bits per heavy atom. The Labute approximate surface area is 150 Å². The Bertz CT molecular complexity index is 612. The minimum atomic E-state index is -4.80. The van der Waals surface area contributed by atoms with Crippen LogP contribution in [0.2, 0.25) is 0 Å². The number of H-pyrrole nitrogens is 1. The zero-order chi connectivity index (χ0) is 15.3. The van der Waals surface area contributed by atoms with E-state index in [-0.39, 0.29) is 50.9 Å². The summed E-state index contributed by atoms with van der Waals surface area (Å²) >= 11 is 0. The van der Waals surface area contributed by atoms with Crippen LogP contribution in [0.4, 0.5) is 0 Å². The smallest absolute Gasteiger partial charge is 0.809 e. The van der Waals surface area contributed by atoms with Crippen LogP contribution in [-0.4, -0.2) is 35.7 Å². The Balaban J connectivity index is 0. The quantitative estimate of drug-likeness (QED) is 0.389. The van der Waals surface area contributed by atoms with Crippen molar-refractivity contribution in [3.63, 3.8) is 0 Å². The van der Waals surface area contributed by atoms with Crippen LogP contribution in [0.15, 0.2) is 15.8 Å². The maximum absolute atomic E-state index is 11.6. The van der Waals surface area contributed by atoms with Crippen molar-refractivity contribution in [1.82, 2.24) is 9.55 Å². The molecule has 0 unspecified atom stereocenters. The molecule has 1 aromatic heterocycles. The molecule has 114 valence electrons. The molecule has 1 atom stereocenters. The summed E-state index contributed by atoms with van der Waals surface area (Å²) in [5.41, 5.74) is -0.837. The number of aryl methyl sites for hydroxylation is 1. The first-order valence-corrected chi connectivity index (χ1v) is 7.37. The van der Waals surface area contributed by atoms with Gasteiger partial charge in [-0.1, -0.05) is 0 Å². The Morgan fingerprint density at radius 3 is 2.45 bits per heavy atom. The standard InChI is InChI=1S/C10H17N2O7P.2Li/c1-7-3-12(10(14)11-9(7)13)4-8(5-18-2)19-6-20(15,16)17;;/h3,8H,4-6H2,1-2H3,(H,11,13,14)(H2,15,16,17);;/q;2*+1/p-2/t8-;;/m0../s1. The molecule has 0 aromatic carbocycles. The molecular weight excluding hydrogens is 305 g/mol. The second-order valence-corrected chi connectivity index (χ2v) is 5.69. The minimum absolute atomic E-state index is 0. The van der Waals surface area contributed by atoms with Crippen LogP contribution < -0.4 is 58.8 Å². The normalized spacial score (nSPS) is 12.2. The van der Waals surface area contributed by atoms with E-state index < -0.39 is 31.3 Å². The molecule has 1 N–H and O–H groups in total. The zero-order valence-electron chi connectivity index (χ0n) is 13.0. The summed E-state index contributed by atoms with van der Waals surface area (Å²) in [6.07, 6.45) is -0.474. The molecule has 1 aromatic rings. The van der Waals surface area contributed by atoms with Crippen LogP contribution in [0, 0.1) is 6.92 Å². The van der Waals surface area contributed by atoms with Crippen LogP contribution in [0.3, 0.4) is 0 Å². The van der Waals surface area contributed by atoms with E-state index in [4.69, 9.17) is 9.47 Å². The first-order valence-electron chi connectivity index (χ1n) is 5.65. The molecule has 22 heavy (non-hydrogen) atoms. The maximum Gasteiger partial charge on any atom is 1.00 e. The number of nitrogens with one attached hydrogen (secondary N) is 1. The maximum atomic E-state index is 11.6. The number of methoxy groups -OCH3 is 1. The third-order valence-corrected chi connectivity index (χ3v) is 2.88. The van der Waals surface area contributed by atoms with Crippen LogP contribution in [0.1, 0.15) is 5.56 Å². The SMILES string of the molecule is COC[C@H](Cn1cc(C)c(=O)[nH]c1=O)OCP(=O)([O-])[O-].[Li+].[Li+]. The van der Waals surface area contributed by atoms with Gasteiger partial charge in [0, 0.05) is 18.9 Å². The van der Waals surface area contributed by atoms with Crippen molar-refractivity contribution in [1.29, 1.82) is 0 Å². The Morgan fingerprint density at radius 2 is 1.95 bits per heavy atom. The van der Waals surface area contributed by atoms with Gasteiger partial charge in [0.05, 0.1) is 25.6 Å². The first-order chi connectivity index (χ1) is 9.23. The van der Waals surface area contributed by atoms with Gasteiger partial charge in [-0.15, -0.1) is 0 Å². The summed E-state index contributed by atoms with van der Waals surface area (Å²) in [4.78, 5) is 46.0. The third-order valence-electron chi connectivity index (χ3n) is 2.41. The molecule has 0 aliphatic heterocycles. The van der Waals surface area contributed by atoms with Crippen molar-refractivity contribution in [2.24, 2.45) is 0 Å². The van der Waals surface area contributed by atoms with Gasteiger partial charge in [-0.05, 0) is 14.5 Å². The van der Waals surface area contributed by atoms with E-state index in [0.717, 1.165) is 4.57 Å². The van der Waals surface area contributed by atoms with Gasteiger partial charge in [0.2, 0.25) is 0 Å². The first kappa shape index (κ1) is 24.2. The number of nitrogens with zero attached hydrogens (tertiary/aromatic N) is 1. The number of aromatic amines is 1. The van der Waals surface area contributed by atoms with Gasteiger partial charge in [0.25, 0.3) is 5.56 Å². The number of aromatic nitrogens is 2. The summed E-state index contributed by atoms with van der Waals surface area (Å²) < 4.78 is 21.4. The molecule has 0 amide bonds. The fourth-order valence-electron chi connectivity index (χ4n) is 1.51. The van der Waals surface area contributed by atoms with Crippen LogP contribution >= 0.6 is 7.60 Å². The van der Waals surface area contributed by atoms with Crippen molar-refractivity contribution in [3.05, 3.63) is 32.6 Å². The predicted octanol–water partition coefficient (Wildman–Crippen LogP) is -8.24. The third kappa shape index (κ3) is 8.54. The van der Waals surface area contributed by atoms with Crippen LogP contribution in [0.5, 0.6) is 0 Å². The summed E-state index contributed by atoms with van der Waals surface area (Å²) in [7, 11) is -3.43. The van der Waals surface area contributed by atoms with E-state index in [1.54, 1.807) is 0 Å². The van der Waals surface area contributed by atoms with Crippen molar-refractivity contribution >= 4 is 7.60 Å². The molecule has 0 aliphatic rings. The topological polar surface area (TPSA) is 137 Å². The molecule has 0 radical (unpaired) electrons. The van der Waals surface area contributed by atoms with Crippen molar-refractivity contribution < 1.29 is 61.5 Å². The molecule has 1 heterocycles. The molecule has 0 spiro atoms. The van der Waals surface area contributed by atoms with E-state index in [1.165, 1.54) is 20.2 Å². The summed E-state index contributed by atoms with van der Waals surface area (Å²) in [6.45, 7) is 1.46. The minimum Gasteiger partial charge on any atom is -0.809 e. The van der Waals surface area contributed by atoms with Crippen molar-refractivity contribution in [2.75, 3.05) is 20.1 Å². The van der Waals surface area contributed by atoms with E-state index in [2.05, 4.69) is 4.98 Å². The second kappa shape index (κ2) is 10.7. The Hall–Kier alpha value is -0.0552. The van der Waals surface area contributed by atoms with Gasteiger partial charge < -0.3 is 23.8 Å². The Kier molecular flexibility index (Phi) is 11.7. The monoisotopic (exact) mass is 320 g/mol. The molecule has 0 saturated carbocycles. The molecule has 9 nitrogen and oxygen atoms in total. The fourth-order valence-corrected chi connectivity index (χ4v) is 1.90. The van der Waals surface area contributed by atoms with Crippen LogP contribution in [0.25, 0.3) is 0 Å². The average molecular weight is 320 g/mol. The van der Waals surface area contributed by atoms with E-state index >= 15 is 0 Å². The molecule has 0 saturated heterocycles. The zero-order valence-corrected chi connectivity index (χ0v) is 13.9. The summed E-state index contributed by atoms with van der Waals surface area (Å²) in [6, 6.07) is 0. The van der Waals surface area contributed by atoms with Gasteiger partial charge >= 0.3 is 43.4 Å². The molecule has 0 bridgehead atoms. The summed E-state index contributed by atoms with van der Waals surface area (Å²) in [5.74, 6) is 0. The van der Waals surface area contributed by atoms with Crippen LogP contribution in [-0.2, 0) is 20.6 Å². The predicted molar refractivity (Wildman–Crippen MR) is 65.3 cm³/mol. The number of rotatable bonds is 7. The number of hydrogen-bond donors (Lipinski definition) is 1. The van der Waals surface area contributed by atoms with Crippen molar-refractivity contribution in [3.8, 4) is 0 Å². The van der Waals surface area contributed by atoms with E-state index in [0.29, 0.717) is 5.56 Å². The number of ether oxygens (including phenoxy) is 2. The van der Waals surface area contributed by atoms with E-state index in [9.17, 15) is 23.9 Å². The molecule has 12 heteroatoms. The molecule has 1 rings (SSSR count). The second-order valence-electron chi connectivity index (χ2n) is 4.21. The van der Waals surface area contributed by atoms with Gasteiger partial charge in [-0.25, -0.2) is 4.79 Å². The molecule has 0 aliphatic carbocycles. The number of hydrogen-bond acceptors (Lipinski definition) is 7. The molecule has 0 fully saturated rings. The van der Waals surface area contributed by atoms with Gasteiger partial charge in [0.15, 0.2) is 0 Å². The molecular formula is C10H15Li2N2O7P. The van der Waals surface area contributed by atoms with Gasteiger partial charge in [-0.3, -0.25) is 14.3 Å². The van der Waals surface area contributed by atoms with Gasteiger partial charge in [-0.2, -0.15) is 0 Å². The summed E-state index contributed by atoms with van der Waals surface area (Å²) in [5, 5.41) is 0. The van der Waals surface area contributed by atoms with Crippen molar-refractivity contribution in [2.45, 2.75) is 19.6 Å². The fraction of sp³-hybridized carbons (Fsp3) is 0.600. The van der Waals surface area contributed by atoms with E-state index in [1.807, 2.05) is 0 Å². The average Bonchev–Trinajstić information content (AvgIpc) is 2.32.